The molecule has 84 valence electrons. The molecule has 15 heavy (non-hydrogen) atoms. The number of benzene rings is 1. The van der Waals surface area contributed by atoms with Gasteiger partial charge in [-0.2, -0.15) is 0 Å². The average Bonchev–Trinajstić information content (AvgIpc) is 2.18. The van der Waals surface area contributed by atoms with E-state index in [0.29, 0.717) is 11.8 Å². The Morgan fingerprint density at radius 3 is 2.13 bits per heavy atom. The van der Waals surface area contributed by atoms with Crippen molar-refractivity contribution in [2.24, 2.45) is 0 Å². The van der Waals surface area contributed by atoms with Gasteiger partial charge >= 0.3 is 0 Å². The van der Waals surface area contributed by atoms with Crippen molar-refractivity contribution in [3.63, 3.8) is 0 Å². The zero-order chi connectivity index (χ0) is 11.4. The predicted molar refractivity (Wildman–Crippen MR) is 68.6 cm³/mol. The van der Waals surface area contributed by atoms with Crippen LogP contribution in [0.2, 0.25) is 0 Å². The van der Waals surface area contributed by atoms with Gasteiger partial charge in [-0.05, 0) is 34.9 Å². The predicted octanol–water partition coefficient (Wildman–Crippen LogP) is 4.89. The molecule has 0 amide bonds. The van der Waals surface area contributed by atoms with Crippen molar-refractivity contribution in [3.05, 3.63) is 34.9 Å². The van der Waals surface area contributed by atoms with Gasteiger partial charge in [0, 0.05) is 0 Å². The Labute approximate surface area is 94.7 Å². The monoisotopic (exact) mass is 204 g/mol. The average molecular weight is 204 g/mol. The molecule has 0 saturated carbocycles. The molecule has 0 fully saturated rings. The largest absolute Gasteiger partial charge is 0.0651 e. The Bertz CT molecular complexity index is 308. The van der Waals surface area contributed by atoms with Crippen LogP contribution in [0.4, 0.5) is 0 Å². The zero-order valence-electron chi connectivity index (χ0n) is 10.8. The third kappa shape index (κ3) is 3.09. The van der Waals surface area contributed by atoms with E-state index in [9.17, 15) is 0 Å². The van der Waals surface area contributed by atoms with Crippen molar-refractivity contribution in [2.75, 3.05) is 0 Å². The van der Waals surface area contributed by atoms with E-state index in [1.54, 1.807) is 5.56 Å². The van der Waals surface area contributed by atoms with Gasteiger partial charge in [0.15, 0.2) is 0 Å². The second-order valence-electron chi connectivity index (χ2n) is 5.02. The molecule has 0 heterocycles. The summed E-state index contributed by atoms with van der Waals surface area (Å²) in [6, 6.07) is 7.02. The quantitative estimate of drug-likeness (QED) is 0.655. The van der Waals surface area contributed by atoms with Crippen LogP contribution < -0.4 is 0 Å². The highest BCUT2D eigenvalue weighted by Gasteiger charge is 2.08. The van der Waals surface area contributed by atoms with Crippen molar-refractivity contribution >= 4 is 0 Å². The minimum atomic E-state index is 0.637. The Morgan fingerprint density at radius 2 is 1.67 bits per heavy atom. The Hall–Kier alpha value is -0.780. The fraction of sp³-hybridized carbons (Fsp3) is 0.600. The number of hydrogen-bond acceptors (Lipinski definition) is 0. The number of rotatable bonds is 4. The topological polar surface area (TPSA) is 0 Å². The highest BCUT2D eigenvalue weighted by Crippen LogP contribution is 2.25. The maximum atomic E-state index is 2.40. The molecule has 0 radical (unpaired) electrons. The molecular formula is C15H24. The van der Waals surface area contributed by atoms with Gasteiger partial charge in [0.25, 0.3) is 0 Å². The summed E-state index contributed by atoms with van der Waals surface area (Å²) < 4.78 is 0. The van der Waals surface area contributed by atoms with Crippen LogP contribution in [0.3, 0.4) is 0 Å². The first-order chi connectivity index (χ1) is 7.06. The highest BCUT2D eigenvalue weighted by molar-refractivity contribution is 5.35. The lowest BCUT2D eigenvalue weighted by atomic mass is 9.90. The van der Waals surface area contributed by atoms with Crippen LogP contribution in [-0.2, 0) is 6.42 Å². The summed E-state index contributed by atoms with van der Waals surface area (Å²) >= 11 is 0. The van der Waals surface area contributed by atoms with Gasteiger partial charge in [-0.3, -0.25) is 0 Å². The van der Waals surface area contributed by atoms with E-state index in [2.05, 4.69) is 52.8 Å². The summed E-state index contributed by atoms with van der Waals surface area (Å²) in [5.41, 5.74) is 4.55. The number of aryl methyl sites for hydroxylation is 1. The molecule has 1 rings (SSSR count). The molecular weight excluding hydrogens is 180 g/mol. The first kappa shape index (κ1) is 12.3. The first-order valence-corrected chi connectivity index (χ1v) is 6.19. The van der Waals surface area contributed by atoms with Crippen molar-refractivity contribution in [1.82, 2.24) is 0 Å². The van der Waals surface area contributed by atoms with Crippen LogP contribution in [0.1, 0.15) is 69.6 Å². The zero-order valence-corrected chi connectivity index (χ0v) is 10.8. The Kier molecular flexibility index (Phi) is 4.38. The van der Waals surface area contributed by atoms with E-state index in [4.69, 9.17) is 0 Å². The molecule has 0 spiro atoms. The van der Waals surface area contributed by atoms with E-state index in [0.717, 1.165) is 0 Å². The van der Waals surface area contributed by atoms with Gasteiger partial charge in [0.05, 0.1) is 0 Å². The van der Waals surface area contributed by atoms with Crippen molar-refractivity contribution < 1.29 is 0 Å². The summed E-state index contributed by atoms with van der Waals surface area (Å²) in [6.45, 7) is 11.4. The smallest absolute Gasteiger partial charge is 0.0216 e. The summed E-state index contributed by atoms with van der Waals surface area (Å²) in [6.07, 6.45) is 2.45. The van der Waals surface area contributed by atoms with Gasteiger partial charge in [-0.25, -0.2) is 0 Å². The summed E-state index contributed by atoms with van der Waals surface area (Å²) in [4.78, 5) is 0. The molecule has 0 aliphatic rings. The van der Waals surface area contributed by atoms with Crippen molar-refractivity contribution in [1.29, 1.82) is 0 Å². The maximum Gasteiger partial charge on any atom is -0.0216 e. The summed E-state index contributed by atoms with van der Waals surface area (Å²) in [5, 5.41) is 0. The molecule has 0 nitrogen and oxygen atoms in total. The lowest BCUT2D eigenvalue weighted by molar-refractivity contribution is 0.802. The fourth-order valence-corrected chi connectivity index (χ4v) is 2.01. The third-order valence-electron chi connectivity index (χ3n) is 2.98. The summed E-state index contributed by atoms with van der Waals surface area (Å²) in [7, 11) is 0. The van der Waals surface area contributed by atoms with Gasteiger partial charge in [0.1, 0.15) is 0 Å². The molecule has 0 bridgehead atoms. The molecule has 0 aromatic heterocycles. The Morgan fingerprint density at radius 1 is 1.00 bits per heavy atom. The molecule has 0 aliphatic heterocycles. The second kappa shape index (κ2) is 5.34. The molecule has 0 aliphatic carbocycles. The van der Waals surface area contributed by atoms with Gasteiger partial charge in [0.2, 0.25) is 0 Å². The molecule has 1 aromatic carbocycles. The minimum absolute atomic E-state index is 0.637. The van der Waals surface area contributed by atoms with Gasteiger partial charge in [-0.15, -0.1) is 0 Å². The maximum absolute atomic E-state index is 2.40. The molecule has 0 saturated heterocycles. The van der Waals surface area contributed by atoms with E-state index in [-0.39, 0.29) is 0 Å². The van der Waals surface area contributed by atoms with Crippen LogP contribution in [0.5, 0.6) is 0 Å². The lowest BCUT2D eigenvalue weighted by Gasteiger charge is -2.15. The van der Waals surface area contributed by atoms with Crippen LogP contribution >= 0.6 is 0 Å². The van der Waals surface area contributed by atoms with E-state index >= 15 is 0 Å². The van der Waals surface area contributed by atoms with Gasteiger partial charge in [-0.1, -0.05) is 59.2 Å². The summed E-state index contributed by atoms with van der Waals surface area (Å²) in [5.74, 6) is 1.28. The third-order valence-corrected chi connectivity index (χ3v) is 2.98. The highest BCUT2D eigenvalue weighted by atomic mass is 14.1. The minimum Gasteiger partial charge on any atom is -0.0651 e. The molecule has 0 unspecified atom stereocenters. The molecule has 0 N–H and O–H groups in total. The van der Waals surface area contributed by atoms with Crippen LogP contribution in [0.15, 0.2) is 18.2 Å². The van der Waals surface area contributed by atoms with Crippen LogP contribution in [0.25, 0.3) is 0 Å². The van der Waals surface area contributed by atoms with E-state index < -0.39 is 0 Å². The van der Waals surface area contributed by atoms with E-state index in [1.807, 2.05) is 0 Å². The normalized spacial score (nSPS) is 11.4. The van der Waals surface area contributed by atoms with Crippen LogP contribution in [-0.4, -0.2) is 0 Å². The number of hydrogen-bond donors (Lipinski definition) is 0. The van der Waals surface area contributed by atoms with Gasteiger partial charge < -0.3 is 0 Å². The molecule has 0 heteroatoms. The molecule has 0 atom stereocenters. The van der Waals surface area contributed by atoms with Crippen LogP contribution in [0, 0.1) is 0 Å². The van der Waals surface area contributed by atoms with E-state index in [1.165, 1.54) is 24.0 Å². The second-order valence-corrected chi connectivity index (χ2v) is 5.02. The standard InChI is InChI=1S/C15H24/c1-6-7-13-8-9-14(11(2)3)10-15(13)12(4)5/h8-12H,6-7H2,1-5H3. The molecule has 1 aromatic rings. The van der Waals surface area contributed by atoms with Crippen molar-refractivity contribution in [2.45, 2.75) is 59.3 Å². The fourth-order valence-electron chi connectivity index (χ4n) is 2.01. The first-order valence-electron chi connectivity index (χ1n) is 6.19. The SMILES string of the molecule is CCCc1ccc(C(C)C)cc1C(C)C. The lowest BCUT2D eigenvalue weighted by Crippen LogP contribution is -1.99. The van der Waals surface area contributed by atoms with Crippen molar-refractivity contribution in [3.8, 4) is 0 Å². The Balaban J connectivity index is 3.09.